The molecule has 2 aromatic carbocycles. The zero-order chi connectivity index (χ0) is 36.1. The summed E-state index contributed by atoms with van der Waals surface area (Å²) in [4.78, 5) is 75.9. The van der Waals surface area contributed by atoms with Crippen LogP contribution in [-0.4, -0.2) is 110 Å². The number of rotatable bonds is 9. The van der Waals surface area contributed by atoms with Gasteiger partial charge in [0.1, 0.15) is 41.1 Å². The van der Waals surface area contributed by atoms with Gasteiger partial charge in [0, 0.05) is 42.0 Å². The van der Waals surface area contributed by atoms with Gasteiger partial charge in [0.25, 0.3) is 0 Å². The number of phenolic OH excluding ortho intramolecular Hbond substituents is 2. The summed E-state index contributed by atoms with van der Waals surface area (Å²) in [5.41, 5.74) is -5.21. The van der Waals surface area contributed by atoms with Crippen molar-refractivity contribution in [3.05, 3.63) is 63.2 Å². The molecule has 16 heteroatoms. The third-order valence-electron chi connectivity index (χ3n) is 8.97. The van der Waals surface area contributed by atoms with E-state index in [0.717, 1.165) is 6.92 Å². The number of phenols is 2. The van der Waals surface area contributed by atoms with Gasteiger partial charge in [0.05, 0.1) is 42.0 Å². The van der Waals surface area contributed by atoms with Crippen LogP contribution in [0.5, 0.6) is 17.2 Å². The van der Waals surface area contributed by atoms with Crippen molar-refractivity contribution < 1.29 is 73.6 Å². The molecule has 49 heavy (non-hydrogen) atoms. The van der Waals surface area contributed by atoms with Crippen LogP contribution in [0.1, 0.15) is 75.8 Å². The number of aromatic hydroxyl groups is 2. The number of aliphatic hydroxyl groups is 3. The van der Waals surface area contributed by atoms with Crippen molar-refractivity contribution in [1.82, 2.24) is 5.32 Å². The van der Waals surface area contributed by atoms with E-state index in [0.29, 0.717) is 6.08 Å². The Morgan fingerprint density at radius 2 is 1.76 bits per heavy atom. The van der Waals surface area contributed by atoms with Crippen LogP contribution < -0.4 is 10.1 Å². The van der Waals surface area contributed by atoms with Crippen molar-refractivity contribution in [2.24, 2.45) is 0 Å². The van der Waals surface area contributed by atoms with E-state index in [-0.39, 0.29) is 34.4 Å². The number of hydrogen-bond acceptors (Lipinski definition) is 14. The van der Waals surface area contributed by atoms with E-state index < -0.39 is 119 Å². The van der Waals surface area contributed by atoms with Crippen LogP contribution in [0, 0.1) is 0 Å². The maximum atomic E-state index is 13.8. The van der Waals surface area contributed by atoms with Crippen LogP contribution in [0.15, 0.2) is 29.8 Å². The van der Waals surface area contributed by atoms with Gasteiger partial charge in [-0.25, -0.2) is 4.79 Å². The van der Waals surface area contributed by atoms with Crippen LogP contribution >= 0.6 is 0 Å². The van der Waals surface area contributed by atoms with Gasteiger partial charge in [-0.15, -0.1) is 0 Å². The molecule has 0 spiro atoms. The SMILES string of the molecule is COc1cccc2c1C(=O)c1c(O)c3c(c(O)c1C2=O)C[C@@](O)(C(=O)CO)C[C@@H]3O[C@H]1C[C@H](NC(=O)/C=C(/C(C)=O)C(=O)O)[C@H](O)[C@H](C)O1. The number of ether oxygens (including phenoxy) is 3. The molecule has 0 radical (unpaired) electrons. The molecule has 1 heterocycles. The Morgan fingerprint density at radius 1 is 1.08 bits per heavy atom. The second-order valence-corrected chi connectivity index (χ2v) is 12.0. The Morgan fingerprint density at radius 3 is 2.37 bits per heavy atom. The number of amides is 1. The van der Waals surface area contributed by atoms with Crippen LogP contribution in [-0.2, 0) is 35.1 Å². The fraction of sp³-hybridized carbons (Fsp3) is 0.394. The van der Waals surface area contributed by atoms with Gasteiger partial charge in [0.2, 0.25) is 11.7 Å². The lowest BCUT2D eigenvalue weighted by atomic mass is 9.72. The number of nitrogens with one attached hydrogen (secondary N) is 1. The van der Waals surface area contributed by atoms with Crippen molar-refractivity contribution in [2.75, 3.05) is 13.7 Å². The number of carbonyl (C=O) groups is 6. The Kier molecular flexibility index (Phi) is 9.46. The van der Waals surface area contributed by atoms with Gasteiger partial charge >= 0.3 is 5.97 Å². The number of aliphatic hydroxyl groups excluding tert-OH is 2. The Labute approximate surface area is 277 Å². The average Bonchev–Trinajstić information content (AvgIpc) is 3.04. The molecule has 3 aliphatic rings. The molecular weight excluding hydrogens is 650 g/mol. The number of aliphatic carboxylic acids is 1. The second-order valence-electron chi connectivity index (χ2n) is 12.0. The van der Waals surface area contributed by atoms with E-state index >= 15 is 0 Å². The summed E-state index contributed by atoms with van der Waals surface area (Å²) in [7, 11) is 1.28. The number of hydrogen-bond donors (Lipinski definition) is 7. The molecule has 2 aromatic rings. The zero-order valence-electron chi connectivity index (χ0n) is 26.4. The van der Waals surface area contributed by atoms with E-state index in [9.17, 15) is 59.4 Å². The second kappa shape index (κ2) is 13.1. The molecular formula is C33H33NO15. The monoisotopic (exact) mass is 683 g/mol. The van der Waals surface area contributed by atoms with Crippen molar-refractivity contribution in [3.8, 4) is 17.2 Å². The number of carboxylic acids is 1. The number of fused-ring (bicyclic) bond motifs is 3. The largest absolute Gasteiger partial charge is 0.507 e. The summed E-state index contributed by atoms with van der Waals surface area (Å²) in [5.74, 6) is -7.91. The third-order valence-corrected chi connectivity index (χ3v) is 8.97. The fourth-order valence-electron chi connectivity index (χ4n) is 6.53. The lowest BCUT2D eigenvalue weighted by Crippen LogP contribution is -2.55. The number of benzene rings is 2. The van der Waals surface area contributed by atoms with Crippen LogP contribution in [0.25, 0.3) is 0 Å². The minimum absolute atomic E-state index is 0.0266. The summed E-state index contributed by atoms with van der Waals surface area (Å²) in [6.07, 6.45) is -6.43. The summed E-state index contributed by atoms with van der Waals surface area (Å²) in [6.45, 7) is 1.25. The van der Waals surface area contributed by atoms with E-state index in [4.69, 9.17) is 14.2 Å². The highest BCUT2D eigenvalue weighted by molar-refractivity contribution is 6.31. The van der Waals surface area contributed by atoms with E-state index in [1.165, 1.54) is 32.2 Å². The van der Waals surface area contributed by atoms with Crippen molar-refractivity contribution >= 4 is 35.0 Å². The molecule has 0 saturated carbocycles. The number of Topliss-reactive ketones (excluding diaryl/α,β-unsaturated/α-hetero) is 2. The lowest BCUT2D eigenvalue weighted by molar-refractivity contribution is -0.249. The van der Waals surface area contributed by atoms with Gasteiger partial charge < -0.3 is 50.2 Å². The first-order valence-electron chi connectivity index (χ1n) is 15.0. The Hall–Kier alpha value is -5.00. The molecule has 0 unspecified atom stereocenters. The topological polar surface area (TPSA) is 264 Å². The molecule has 7 N–H and O–H groups in total. The summed E-state index contributed by atoms with van der Waals surface area (Å²) in [6, 6.07) is 3.06. The lowest BCUT2D eigenvalue weighted by Gasteiger charge is -2.42. The molecule has 1 aliphatic heterocycles. The molecule has 2 aliphatic carbocycles. The maximum Gasteiger partial charge on any atom is 0.339 e. The molecule has 260 valence electrons. The highest BCUT2D eigenvalue weighted by Gasteiger charge is 2.50. The number of methoxy groups -OCH3 is 1. The number of carbonyl (C=O) groups excluding carboxylic acids is 5. The first-order chi connectivity index (χ1) is 23.0. The molecule has 6 atom stereocenters. The molecule has 0 bridgehead atoms. The smallest absolute Gasteiger partial charge is 0.339 e. The summed E-state index contributed by atoms with van der Waals surface area (Å²) in [5, 5.41) is 66.5. The Balaban J connectivity index is 1.56. The van der Waals surface area contributed by atoms with Crippen LogP contribution in [0.4, 0.5) is 0 Å². The number of ketones is 4. The van der Waals surface area contributed by atoms with Crippen molar-refractivity contribution in [3.63, 3.8) is 0 Å². The molecule has 1 amide bonds. The predicted molar refractivity (Wildman–Crippen MR) is 162 cm³/mol. The van der Waals surface area contributed by atoms with Crippen LogP contribution in [0.3, 0.4) is 0 Å². The van der Waals surface area contributed by atoms with E-state index in [1.54, 1.807) is 0 Å². The minimum Gasteiger partial charge on any atom is -0.507 e. The molecule has 1 saturated heterocycles. The Bertz CT molecular complexity index is 1810. The summed E-state index contributed by atoms with van der Waals surface area (Å²) < 4.78 is 17.1. The number of carboxylic acid groups (broad SMARTS) is 1. The quantitative estimate of drug-likeness (QED) is 0.0664. The van der Waals surface area contributed by atoms with Gasteiger partial charge in [-0.3, -0.25) is 24.0 Å². The molecule has 0 aromatic heterocycles. The minimum atomic E-state index is -2.40. The zero-order valence-corrected chi connectivity index (χ0v) is 26.4. The van der Waals surface area contributed by atoms with Gasteiger partial charge in [0.15, 0.2) is 23.6 Å². The van der Waals surface area contributed by atoms with Crippen molar-refractivity contribution in [2.45, 2.75) is 69.4 Å². The van der Waals surface area contributed by atoms with Gasteiger partial charge in [-0.05, 0) is 19.9 Å². The maximum absolute atomic E-state index is 13.8. The van der Waals surface area contributed by atoms with E-state index in [1.807, 2.05) is 0 Å². The molecule has 16 nitrogen and oxygen atoms in total. The average molecular weight is 684 g/mol. The normalized spacial score (nSPS) is 26.2. The first-order valence-corrected chi connectivity index (χ1v) is 15.0. The standard InChI is InChI=1S/C33H33NO15/c1-12(36)15(32(44)45)7-21(38)34-17-8-22(48-13(2)27(17)39)49-19-10-33(46,20(37)11-35)9-16-24(19)31(43)26-25(29(16)41)28(40)14-5-4-6-18(47-3)23(14)30(26)42/h4-7,13,17,19,22,27,35,39,41,43,46H,8-11H2,1-3H3,(H,34,38)(H,44,45)/b15-7-/t13-,17-,19-,22-,27+,33-/m0/s1. The summed E-state index contributed by atoms with van der Waals surface area (Å²) >= 11 is 0. The highest BCUT2D eigenvalue weighted by Crippen LogP contribution is 2.52. The molecule has 1 fully saturated rings. The van der Waals surface area contributed by atoms with Crippen LogP contribution in [0.2, 0.25) is 0 Å². The third kappa shape index (κ3) is 6.08. The first kappa shape index (κ1) is 35.3. The van der Waals surface area contributed by atoms with E-state index in [2.05, 4.69) is 5.32 Å². The molecule has 5 rings (SSSR count). The predicted octanol–water partition coefficient (Wildman–Crippen LogP) is -0.241. The van der Waals surface area contributed by atoms with Gasteiger partial charge in [-0.2, -0.15) is 0 Å². The van der Waals surface area contributed by atoms with Gasteiger partial charge in [-0.1, -0.05) is 12.1 Å². The van der Waals surface area contributed by atoms with Crippen molar-refractivity contribution in [1.29, 1.82) is 0 Å². The fourth-order valence-corrected chi connectivity index (χ4v) is 6.53. The highest BCUT2D eigenvalue weighted by atomic mass is 16.7.